The maximum Gasteiger partial charge on any atom is 0.341 e. The molecule has 1 aromatic heterocycles. The molecule has 3 aliphatic carbocycles. The zero-order chi connectivity index (χ0) is 19.8. The van der Waals surface area contributed by atoms with Crippen LogP contribution in [0.5, 0.6) is 0 Å². The molecule has 4 rings (SSSR count). The number of thiophene rings is 1. The molecule has 0 radical (unpaired) electrons. The number of ether oxygens (including phenoxy) is 1. The molecule has 152 valence electrons. The highest BCUT2D eigenvalue weighted by Crippen LogP contribution is 2.53. The largest absolute Gasteiger partial charge is 0.481 e. The number of fused-ring (bicyclic) bond motifs is 3. The lowest BCUT2D eigenvalue weighted by Gasteiger charge is -2.27. The lowest BCUT2D eigenvalue weighted by molar-refractivity contribution is -0.148. The smallest absolute Gasteiger partial charge is 0.341 e. The number of amides is 1. The summed E-state index contributed by atoms with van der Waals surface area (Å²) < 4.78 is 5.38. The summed E-state index contributed by atoms with van der Waals surface area (Å²) in [5.41, 5.74) is 1.51. The zero-order valence-corrected chi connectivity index (χ0v) is 17.0. The molecule has 0 spiro atoms. The summed E-state index contributed by atoms with van der Waals surface area (Å²) in [5.74, 6) is -2.37. The Balaban J connectivity index is 1.60. The van der Waals surface area contributed by atoms with Crippen LogP contribution in [0.3, 0.4) is 0 Å². The first kappa shape index (κ1) is 19.4. The highest BCUT2D eigenvalue weighted by molar-refractivity contribution is 7.17. The minimum Gasteiger partial charge on any atom is -0.481 e. The number of anilines is 1. The Kier molecular flexibility index (Phi) is 5.45. The standard InChI is InChI=1S/C21H27NO5S/c1-2-9-27-21(26)17-13-5-3-4-6-14(13)28-19(17)22-18(23)15-11-7-8-12(10-11)16(15)20(24)25/h11-12,15-16H,2-10H2,1H3,(H,22,23)(H,24,25). The van der Waals surface area contributed by atoms with E-state index in [0.29, 0.717) is 17.2 Å². The average molecular weight is 406 g/mol. The molecule has 2 bridgehead atoms. The third-order valence-corrected chi connectivity index (χ3v) is 7.76. The van der Waals surface area contributed by atoms with Crippen molar-refractivity contribution in [3.8, 4) is 0 Å². The van der Waals surface area contributed by atoms with Crippen LogP contribution < -0.4 is 5.32 Å². The summed E-state index contributed by atoms with van der Waals surface area (Å²) in [6.07, 6.45) is 7.22. The van der Waals surface area contributed by atoms with Crippen molar-refractivity contribution in [1.82, 2.24) is 0 Å². The minimum absolute atomic E-state index is 0.101. The normalized spacial score (nSPS) is 28.0. The van der Waals surface area contributed by atoms with Gasteiger partial charge in [-0.2, -0.15) is 0 Å². The maximum atomic E-state index is 13.1. The molecule has 0 aromatic carbocycles. The van der Waals surface area contributed by atoms with Gasteiger partial charge in [-0.3, -0.25) is 9.59 Å². The fraction of sp³-hybridized carbons (Fsp3) is 0.667. The second-order valence-corrected chi connectivity index (χ2v) is 9.37. The van der Waals surface area contributed by atoms with Gasteiger partial charge in [0, 0.05) is 4.88 Å². The third-order valence-electron chi connectivity index (χ3n) is 6.55. The van der Waals surface area contributed by atoms with Crippen LogP contribution in [0, 0.1) is 23.7 Å². The third kappa shape index (κ3) is 3.34. The Morgan fingerprint density at radius 2 is 1.86 bits per heavy atom. The number of nitrogens with one attached hydrogen (secondary N) is 1. The molecule has 6 nitrogen and oxygen atoms in total. The predicted molar refractivity (Wildman–Crippen MR) is 106 cm³/mol. The van der Waals surface area contributed by atoms with Crippen LogP contribution in [-0.2, 0) is 27.2 Å². The van der Waals surface area contributed by atoms with Gasteiger partial charge >= 0.3 is 11.9 Å². The first-order valence-electron chi connectivity index (χ1n) is 10.4. The molecular weight excluding hydrogens is 378 g/mol. The number of carboxylic acids is 1. The monoisotopic (exact) mass is 405 g/mol. The molecule has 4 unspecified atom stereocenters. The molecule has 2 N–H and O–H groups in total. The molecule has 28 heavy (non-hydrogen) atoms. The summed E-state index contributed by atoms with van der Waals surface area (Å²) in [6.45, 7) is 2.30. The molecule has 0 saturated heterocycles. The molecule has 1 heterocycles. The predicted octanol–water partition coefficient (Wildman–Crippen LogP) is 3.88. The van der Waals surface area contributed by atoms with Gasteiger partial charge in [0.15, 0.2) is 0 Å². The SMILES string of the molecule is CCCOC(=O)c1c(NC(=O)C2C3CCC(C3)C2C(=O)O)sc2c1CCCC2. The van der Waals surface area contributed by atoms with E-state index in [1.54, 1.807) is 0 Å². The van der Waals surface area contributed by atoms with Gasteiger partial charge in [0.25, 0.3) is 0 Å². The van der Waals surface area contributed by atoms with E-state index in [2.05, 4.69) is 5.32 Å². The summed E-state index contributed by atoms with van der Waals surface area (Å²) >= 11 is 1.46. The number of aryl methyl sites for hydroxylation is 1. The number of esters is 1. The average Bonchev–Trinajstić information content (AvgIpc) is 3.37. The Morgan fingerprint density at radius 1 is 1.14 bits per heavy atom. The van der Waals surface area contributed by atoms with Crippen LogP contribution >= 0.6 is 11.3 Å². The quantitative estimate of drug-likeness (QED) is 0.701. The van der Waals surface area contributed by atoms with E-state index in [1.165, 1.54) is 11.3 Å². The van der Waals surface area contributed by atoms with Gasteiger partial charge in [0.05, 0.1) is 24.0 Å². The van der Waals surface area contributed by atoms with Crippen molar-refractivity contribution in [3.05, 3.63) is 16.0 Å². The van der Waals surface area contributed by atoms with Crippen molar-refractivity contribution >= 4 is 34.2 Å². The highest BCUT2D eigenvalue weighted by Gasteiger charge is 2.54. The fourth-order valence-corrected chi connectivity index (χ4v) is 6.64. The van der Waals surface area contributed by atoms with Gasteiger partial charge in [-0.25, -0.2) is 4.79 Å². The Morgan fingerprint density at radius 3 is 2.57 bits per heavy atom. The Bertz CT molecular complexity index is 801. The lowest BCUT2D eigenvalue weighted by atomic mass is 9.78. The summed E-state index contributed by atoms with van der Waals surface area (Å²) in [6, 6.07) is 0. The molecule has 0 aliphatic heterocycles. The summed E-state index contributed by atoms with van der Waals surface area (Å²) in [5, 5.41) is 13.1. The van der Waals surface area contributed by atoms with E-state index in [0.717, 1.165) is 61.8 Å². The van der Waals surface area contributed by atoms with Crippen LogP contribution in [0.2, 0.25) is 0 Å². The Hall–Kier alpha value is -1.89. The van der Waals surface area contributed by atoms with E-state index in [4.69, 9.17) is 4.74 Å². The number of carboxylic acid groups (broad SMARTS) is 1. The first-order valence-corrected chi connectivity index (χ1v) is 11.2. The number of carbonyl (C=O) groups is 3. The van der Waals surface area contributed by atoms with Crippen molar-refractivity contribution < 1.29 is 24.2 Å². The van der Waals surface area contributed by atoms with Gasteiger partial charge in [0.2, 0.25) is 5.91 Å². The van der Waals surface area contributed by atoms with Crippen LogP contribution in [0.4, 0.5) is 5.00 Å². The number of hydrogen-bond donors (Lipinski definition) is 2. The zero-order valence-electron chi connectivity index (χ0n) is 16.2. The molecule has 2 saturated carbocycles. The van der Waals surface area contributed by atoms with Gasteiger partial charge < -0.3 is 15.2 Å². The Labute approximate surface area is 168 Å². The molecule has 1 amide bonds. The molecule has 4 atom stereocenters. The molecule has 2 fully saturated rings. The summed E-state index contributed by atoms with van der Waals surface area (Å²) in [4.78, 5) is 38.7. The van der Waals surface area contributed by atoms with E-state index < -0.39 is 17.8 Å². The molecule has 1 aromatic rings. The molecule has 7 heteroatoms. The maximum absolute atomic E-state index is 13.1. The van der Waals surface area contributed by atoms with Crippen molar-refractivity contribution in [2.75, 3.05) is 11.9 Å². The second-order valence-electron chi connectivity index (χ2n) is 8.26. The van der Waals surface area contributed by atoms with Crippen LogP contribution in [0.15, 0.2) is 0 Å². The van der Waals surface area contributed by atoms with Gasteiger partial charge in [-0.05, 0) is 68.8 Å². The van der Waals surface area contributed by atoms with Crippen molar-refractivity contribution in [2.24, 2.45) is 23.7 Å². The van der Waals surface area contributed by atoms with Gasteiger partial charge in [-0.15, -0.1) is 11.3 Å². The summed E-state index contributed by atoms with van der Waals surface area (Å²) in [7, 11) is 0. The molecule has 3 aliphatic rings. The van der Waals surface area contributed by atoms with E-state index >= 15 is 0 Å². The van der Waals surface area contributed by atoms with Crippen LogP contribution in [0.1, 0.15) is 66.2 Å². The number of hydrogen-bond acceptors (Lipinski definition) is 5. The van der Waals surface area contributed by atoms with E-state index in [-0.39, 0.29) is 23.7 Å². The topological polar surface area (TPSA) is 92.7 Å². The minimum atomic E-state index is -0.875. The van der Waals surface area contributed by atoms with Crippen LogP contribution in [-0.4, -0.2) is 29.6 Å². The number of rotatable bonds is 6. The van der Waals surface area contributed by atoms with E-state index in [9.17, 15) is 19.5 Å². The number of aliphatic carboxylic acids is 1. The fourth-order valence-electron chi connectivity index (χ4n) is 5.36. The molecular formula is C21H27NO5S. The lowest BCUT2D eigenvalue weighted by Crippen LogP contribution is -2.38. The highest BCUT2D eigenvalue weighted by atomic mass is 32.1. The van der Waals surface area contributed by atoms with E-state index in [1.807, 2.05) is 6.92 Å². The number of carbonyl (C=O) groups excluding carboxylic acids is 2. The van der Waals surface area contributed by atoms with Gasteiger partial charge in [0.1, 0.15) is 5.00 Å². The first-order chi connectivity index (χ1) is 13.5. The van der Waals surface area contributed by atoms with Crippen LogP contribution in [0.25, 0.3) is 0 Å². The van der Waals surface area contributed by atoms with Crippen molar-refractivity contribution in [1.29, 1.82) is 0 Å². The van der Waals surface area contributed by atoms with Gasteiger partial charge in [-0.1, -0.05) is 6.92 Å². The second kappa shape index (κ2) is 7.85. The van der Waals surface area contributed by atoms with Crippen molar-refractivity contribution in [2.45, 2.75) is 58.3 Å². The van der Waals surface area contributed by atoms with Crippen molar-refractivity contribution in [3.63, 3.8) is 0 Å².